The second-order valence-corrected chi connectivity index (χ2v) is 3.89. The topological polar surface area (TPSA) is 9.23 Å². The Labute approximate surface area is 88.1 Å². The lowest BCUT2D eigenvalue weighted by Crippen LogP contribution is -2.05. The highest BCUT2D eigenvalue weighted by Gasteiger charge is 2.01. The highest BCUT2D eigenvalue weighted by Crippen LogP contribution is 2.20. The van der Waals surface area contributed by atoms with Crippen molar-refractivity contribution in [2.24, 2.45) is 0 Å². The summed E-state index contributed by atoms with van der Waals surface area (Å²) in [5.41, 5.74) is 1.33. The monoisotopic (exact) mass is 194 g/mol. The average molecular weight is 194 g/mol. The Hall–Kier alpha value is -0.980. The summed E-state index contributed by atoms with van der Waals surface area (Å²) in [6.07, 6.45) is 0.252. The number of benzene rings is 1. The zero-order valence-electron chi connectivity index (χ0n) is 8.87. The predicted molar refractivity (Wildman–Crippen MR) is 63.0 cm³/mol. The maximum atomic E-state index is 5.60. The van der Waals surface area contributed by atoms with Crippen LogP contribution < -0.4 is 4.74 Å². The van der Waals surface area contributed by atoms with Crippen molar-refractivity contribution >= 4 is 0 Å². The van der Waals surface area contributed by atoms with Gasteiger partial charge in [0, 0.05) is 0 Å². The van der Waals surface area contributed by atoms with E-state index in [9.17, 15) is 0 Å². The van der Waals surface area contributed by atoms with Crippen LogP contribution in [0.2, 0.25) is 0 Å². The summed E-state index contributed by atoms with van der Waals surface area (Å²) < 4.78 is 5.60. The average Bonchev–Trinajstić information content (AvgIpc) is 2.03. The van der Waals surface area contributed by atoms with Crippen LogP contribution in [-0.2, 0) is 0 Å². The Kier molecular flexibility index (Phi) is 5.29. The van der Waals surface area contributed by atoms with E-state index in [2.05, 4.69) is 26.0 Å². The lowest BCUT2D eigenvalue weighted by Gasteiger charge is -2.12. The number of rotatable bonds is 3. The fourth-order valence-corrected chi connectivity index (χ4v) is 1.22. The molecular formula is C13H22O. The maximum absolute atomic E-state index is 5.60. The van der Waals surface area contributed by atoms with Gasteiger partial charge in [-0.2, -0.15) is 0 Å². The zero-order valence-corrected chi connectivity index (χ0v) is 8.87. The van der Waals surface area contributed by atoms with Gasteiger partial charge in [-0.1, -0.05) is 33.4 Å². The van der Waals surface area contributed by atoms with Crippen molar-refractivity contribution in [1.82, 2.24) is 0 Å². The Balaban J connectivity index is 0.00000169. The lowest BCUT2D eigenvalue weighted by molar-refractivity contribution is 0.242. The molecule has 0 aliphatic rings. The SMILES string of the molecule is C.CC(C)Oc1cccc(C(C)C)c1. The van der Waals surface area contributed by atoms with Crippen LogP contribution in [0, 0.1) is 0 Å². The Morgan fingerprint density at radius 1 is 1.07 bits per heavy atom. The third kappa shape index (κ3) is 3.82. The van der Waals surface area contributed by atoms with E-state index in [0.717, 1.165) is 5.75 Å². The molecule has 14 heavy (non-hydrogen) atoms. The second-order valence-electron chi connectivity index (χ2n) is 3.89. The molecular weight excluding hydrogens is 172 g/mol. The van der Waals surface area contributed by atoms with Gasteiger partial charge in [0.25, 0.3) is 0 Å². The van der Waals surface area contributed by atoms with Crippen LogP contribution in [0.1, 0.15) is 46.6 Å². The van der Waals surface area contributed by atoms with Crippen molar-refractivity contribution < 1.29 is 4.74 Å². The first-order chi connectivity index (χ1) is 6.09. The van der Waals surface area contributed by atoms with E-state index in [1.54, 1.807) is 0 Å². The van der Waals surface area contributed by atoms with Crippen molar-refractivity contribution in [1.29, 1.82) is 0 Å². The van der Waals surface area contributed by atoms with Gasteiger partial charge in [0.1, 0.15) is 5.75 Å². The van der Waals surface area contributed by atoms with Crippen LogP contribution in [0.4, 0.5) is 0 Å². The van der Waals surface area contributed by atoms with Gasteiger partial charge in [0.2, 0.25) is 0 Å². The van der Waals surface area contributed by atoms with Gasteiger partial charge in [-0.25, -0.2) is 0 Å². The van der Waals surface area contributed by atoms with Gasteiger partial charge in [-0.05, 0) is 37.5 Å². The van der Waals surface area contributed by atoms with E-state index in [1.165, 1.54) is 5.56 Å². The standard InChI is InChI=1S/C12H18O.CH4/c1-9(2)11-6-5-7-12(8-11)13-10(3)4;/h5-10H,1-4H3;1H4. The van der Waals surface area contributed by atoms with Gasteiger partial charge in [0.05, 0.1) is 6.10 Å². The molecule has 0 aliphatic carbocycles. The summed E-state index contributed by atoms with van der Waals surface area (Å²) >= 11 is 0. The summed E-state index contributed by atoms with van der Waals surface area (Å²) in [5, 5.41) is 0. The molecule has 0 atom stereocenters. The molecule has 0 fully saturated rings. The van der Waals surface area contributed by atoms with Crippen molar-refractivity contribution in [2.45, 2.75) is 47.1 Å². The minimum Gasteiger partial charge on any atom is -0.491 e. The normalized spacial score (nSPS) is 10.1. The van der Waals surface area contributed by atoms with Gasteiger partial charge >= 0.3 is 0 Å². The number of hydrogen-bond donors (Lipinski definition) is 0. The molecule has 0 aliphatic heterocycles. The van der Waals surface area contributed by atoms with Crippen LogP contribution in [-0.4, -0.2) is 6.10 Å². The van der Waals surface area contributed by atoms with E-state index in [4.69, 9.17) is 4.74 Å². The minimum atomic E-state index is 0. The van der Waals surface area contributed by atoms with E-state index < -0.39 is 0 Å². The first-order valence-electron chi connectivity index (χ1n) is 4.86. The largest absolute Gasteiger partial charge is 0.491 e. The third-order valence-corrected chi connectivity index (χ3v) is 1.90. The lowest BCUT2D eigenvalue weighted by atomic mass is 10.0. The molecule has 0 radical (unpaired) electrons. The molecule has 0 bridgehead atoms. The van der Waals surface area contributed by atoms with E-state index in [0.29, 0.717) is 5.92 Å². The molecule has 1 rings (SSSR count). The Bertz CT molecular complexity index is 264. The van der Waals surface area contributed by atoms with Crippen LogP contribution in [0.5, 0.6) is 5.75 Å². The highest BCUT2D eigenvalue weighted by atomic mass is 16.5. The summed E-state index contributed by atoms with van der Waals surface area (Å²) in [6.45, 7) is 8.47. The van der Waals surface area contributed by atoms with Gasteiger partial charge < -0.3 is 4.74 Å². The summed E-state index contributed by atoms with van der Waals surface area (Å²) in [6, 6.07) is 8.31. The molecule has 80 valence electrons. The Morgan fingerprint density at radius 3 is 2.21 bits per heavy atom. The third-order valence-electron chi connectivity index (χ3n) is 1.90. The fourth-order valence-electron chi connectivity index (χ4n) is 1.22. The molecule has 0 amide bonds. The fraction of sp³-hybridized carbons (Fsp3) is 0.538. The smallest absolute Gasteiger partial charge is 0.119 e. The molecule has 0 saturated carbocycles. The van der Waals surface area contributed by atoms with Crippen molar-refractivity contribution in [3.8, 4) is 5.75 Å². The minimum absolute atomic E-state index is 0. The maximum Gasteiger partial charge on any atom is 0.119 e. The van der Waals surface area contributed by atoms with Crippen molar-refractivity contribution in [3.63, 3.8) is 0 Å². The van der Waals surface area contributed by atoms with E-state index in [-0.39, 0.29) is 13.5 Å². The quantitative estimate of drug-likeness (QED) is 0.699. The van der Waals surface area contributed by atoms with Gasteiger partial charge in [-0.3, -0.25) is 0 Å². The molecule has 0 N–H and O–H groups in total. The van der Waals surface area contributed by atoms with Gasteiger partial charge in [0.15, 0.2) is 0 Å². The number of ether oxygens (including phenoxy) is 1. The zero-order chi connectivity index (χ0) is 9.84. The molecule has 1 aromatic carbocycles. The summed E-state index contributed by atoms with van der Waals surface area (Å²) in [5.74, 6) is 1.54. The first-order valence-corrected chi connectivity index (χ1v) is 4.86. The molecule has 1 nitrogen and oxygen atoms in total. The van der Waals surface area contributed by atoms with Crippen LogP contribution in [0.15, 0.2) is 24.3 Å². The molecule has 1 heteroatoms. The van der Waals surface area contributed by atoms with Gasteiger partial charge in [-0.15, -0.1) is 0 Å². The summed E-state index contributed by atoms with van der Waals surface area (Å²) in [4.78, 5) is 0. The molecule has 0 aromatic heterocycles. The first kappa shape index (κ1) is 13.0. The van der Waals surface area contributed by atoms with E-state index >= 15 is 0 Å². The van der Waals surface area contributed by atoms with E-state index in [1.807, 2.05) is 26.0 Å². The van der Waals surface area contributed by atoms with Crippen molar-refractivity contribution in [2.75, 3.05) is 0 Å². The predicted octanol–water partition coefficient (Wildman–Crippen LogP) is 4.23. The van der Waals surface area contributed by atoms with Crippen LogP contribution in [0.3, 0.4) is 0 Å². The molecule has 1 aromatic rings. The summed E-state index contributed by atoms with van der Waals surface area (Å²) in [7, 11) is 0. The molecule has 0 unspecified atom stereocenters. The molecule has 0 saturated heterocycles. The molecule has 0 heterocycles. The second kappa shape index (κ2) is 5.69. The number of hydrogen-bond acceptors (Lipinski definition) is 1. The van der Waals surface area contributed by atoms with Crippen molar-refractivity contribution in [3.05, 3.63) is 29.8 Å². The highest BCUT2D eigenvalue weighted by molar-refractivity contribution is 5.30. The van der Waals surface area contributed by atoms with Crippen LogP contribution >= 0.6 is 0 Å². The van der Waals surface area contributed by atoms with Crippen LogP contribution in [0.25, 0.3) is 0 Å². The molecule has 0 spiro atoms. The Morgan fingerprint density at radius 2 is 1.71 bits per heavy atom.